The van der Waals surface area contributed by atoms with Crippen LogP contribution < -0.4 is 0 Å². The molecule has 0 amide bonds. The van der Waals surface area contributed by atoms with Gasteiger partial charge < -0.3 is 14.9 Å². The van der Waals surface area contributed by atoms with Crippen LogP contribution in [0.4, 0.5) is 4.39 Å². The van der Waals surface area contributed by atoms with Crippen LogP contribution in [-0.4, -0.2) is 52.9 Å². The van der Waals surface area contributed by atoms with Crippen molar-refractivity contribution in [2.45, 2.75) is 58.3 Å². The number of β-amino-alcohol motifs (C(OH)–C–C–N with tert-alkyl or cyclic N) is 1. The van der Waals surface area contributed by atoms with Gasteiger partial charge in [0.05, 0.1) is 24.4 Å². The van der Waals surface area contributed by atoms with E-state index in [9.17, 15) is 19.4 Å². The topological polar surface area (TPSA) is 70.0 Å². The molecule has 1 saturated heterocycles. The highest BCUT2D eigenvalue weighted by atomic mass is 19.1. The van der Waals surface area contributed by atoms with Crippen molar-refractivity contribution < 1.29 is 24.1 Å². The summed E-state index contributed by atoms with van der Waals surface area (Å²) in [5.74, 6) is -1.10. The number of nitrogens with zero attached hydrogens (tertiary/aromatic N) is 1. The Hall–Kier alpha value is -3.06. The molecule has 0 saturated carbocycles. The molecule has 0 aromatic heterocycles. The summed E-state index contributed by atoms with van der Waals surface area (Å²) < 4.78 is 20.1. The lowest BCUT2D eigenvalue weighted by atomic mass is 9.94. The maximum absolute atomic E-state index is 14.0. The van der Waals surface area contributed by atoms with Gasteiger partial charge in [-0.15, -0.1) is 0 Å². The van der Waals surface area contributed by atoms with E-state index in [1.54, 1.807) is 26.0 Å². The van der Waals surface area contributed by atoms with Gasteiger partial charge in [0.2, 0.25) is 0 Å². The molecule has 3 atom stereocenters. The number of likely N-dealkylation sites (tertiary alicyclic amines) is 1. The molecular formula is C31H36FNO4. The maximum atomic E-state index is 14.0. The average molecular weight is 506 g/mol. The Morgan fingerprint density at radius 2 is 1.89 bits per heavy atom. The summed E-state index contributed by atoms with van der Waals surface area (Å²) in [6, 6.07) is 19.0. The summed E-state index contributed by atoms with van der Waals surface area (Å²) in [4.78, 5) is 13.7. The molecule has 1 heterocycles. The first-order chi connectivity index (χ1) is 17.7. The normalized spacial score (nSPS) is 17.6. The molecule has 196 valence electrons. The van der Waals surface area contributed by atoms with Crippen LogP contribution in [-0.2, 0) is 11.2 Å². The Morgan fingerprint density at radius 3 is 2.62 bits per heavy atom. The van der Waals surface area contributed by atoms with Crippen LogP contribution in [0.15, 0.2) is 60.7 Å². The standard InChI is InChI=1S/C31H36FNO4/c1-20-10-11-23(17-30(20)32)16-25-7-6-14-33(25)18-26(34)19-37-22(3)28-8-4-5-9-29(28)24-12-13-27(31(35)36)21(2)15-24/h4-5,8-13,15,17,22,25-26,34H,6-7,14,16,18-19H2,1-3H3,(H,35,36)/t22-,25+,26?/m1/s1. The number of carbonyl (C=O) groups is 1. The quantitative estimate of drug-likeness (QED) is 0.356. The zero-order valence-corrected chi connectivity index (χ0v) is 21.8. The molecule has 3 aromatic rings. The maximum Gasteiger partial charge on any atom is 0.335 e. The average Bonchev–Trinajstić information content (AvgIpc) is 3.30. The van der Waals surface area contributed by atoms with Gasteiger partial charge in [-0.05, 0) is 92.1 Å². The Balaban J connectivity index is 1.36. The molecule has 1 unspecified atom stereocenters. The highest BCUT2D eigenvalue weighted by molar-refractivity contribution is 5.90. The number of carboxylic acid groups (broad SMARTS) is 1. The van der Waals surface area contributed by atoms with E-state index in [0.717, 1.165) is 48.1 Å². The summed E-state index contributed by atoms with van der Waals surface area (Å²) >= 11 is 0. The lowest BCUT2D eigenvalue weighted by molar-refractivity contribution is -0.0169. The second-order valence-electron chi connectivity index (χ2n) is 10.1. The van der Waals surface area contributed by atoms with Gasteiger partial charge in [0, 0.05) is 12.6 Å². The summed E-state index contributed by atoms with van der Waals surface area (Å²) in [7, 11) is 0. The minimum absolute atomic E-state index is 0.169. The molecule has 0 radical (unpaired) electrons. The highest BCUT2D eigenvalue weighted by Crippen LogP contribution is 2.31. The predicted molar refractivity (Wildman–Crippen MR) is 143 cm³/mol. The molecule has 4 rings (SSSR count). The zero-order valence-electron chi connectivity index (χ0n) is 21.8. The number of carboxylic acids is 1. The molecule has 1 aliphatic rings. The number of ether oxygens (including phenoxy) is 1. The summed E-state index contributed by atoms with van der Waals surface area (Å²) in [6.07, 6.45) is 1.98. The van der Waals surface area contributed by atoms with Gasteiger partial charge in [0.1, 0.15) is 5.82 Å². The van der Waals surface area contributed by atoms with Crippen LogP contribution in [0.2, 0.25) is 0 Å². The third-order valence-corrected chi connectivity index (χ3v) is 7.36. The van der Waals surface area contributed by atoms with Gasteiger partial charge >= 0.3 is 5.97 Å². The number of benzene rings is 3. The van der Waals surface area contributed by atoms with Crippen LogP contribution in [0, 0.1) is 19.7 Å². The Morgan fingerprint density at radius 1 is 1.11 bits per heavy atom. The molecular weight excluding hydrogens is 469 g/mol. The molecule has 0 spiro atoms. The van der Waals surface area contributed by atoms with Crippen LogP contribution in [0.3, 0.4) is 0 Å². The summed E-state index contributed by atoms with van der Waals surface area (Å²) in [6.45, 7) is 7.17. The summed E-state index contributed by atoms with van der Waals surface area (Å²) in [5.41, 5.74) is 5.54. The third-order valence-electron chi connectivity index (χ3n) is 7.36. The smallest absolute Gasteiger partial charge is 0.335 e. The van der Waals surface area contributed by atoms with Crippen LogP contribution in [0.5, 0.6) is 0 Å². The molecule has 1 aliphatic heterocycles. The van der Waals surface area contributed by atoms with Crippen molar-refractivity contribution in [3.63, 3.8) is 0 Å². The van der Waals surface area contributed by atoms with Gasteiger partial charge in [-0.3, -0.25) is 4.90 Å². The number of hydrogen-bond donors (Lipinski definition) is 2. The van der Waals surface area contributed by atoms with Gasteiger partial charge in [0.25, 0.3) is 0 Å². The van der Waals surface area contributed by atoms with E-state index in [-0.39, 0.29) is 24.6 Å². The van der Waals surface area contributed by atoms with E-state index in [4.69, 9.17) is 4.74 Å². The van der Waals surface area contributed by atoms with E-state index >= 15 is 0 Å². The van der Waals surface area contributed by atoms with E-state index in [0.29, 0.717) is 23.2 Å². The SMILES string of the molecule is Cc1ccc(C[C@@H]2CCCN2CC(O)CO[C@H](C)c2ccccc2-c2ccc(C(=O)O)c(C)c2)cc1F. The van der Waals surface area contributed by atoms with Gasteiger partial charge in [0.15, 0.2) is 0 Å². The lowest BCUT2D eigenvalue weighted by Gasteiger charge is -2.28. The second kappa shape index (κ2) is 12.0. The first-order valence-electron chi connectivity index (χ1n) is 12.9. The molecule has 5 nitrogen and oxygen atoms in total. The minimum Gasteiger partial charge on any atom is -0.478 e. The number of halogens is 1. The number of hydrogen-bond acceptors (Lipinski definition) is 4. The van der Waals surface area contributed by atoms with Crippen LogP contribution in [0.1, 0.15) is 58.5 Å². The van der Waals surface area contributed by atoms with Crippen molar-refractivity contribution in [2.24, 2.45) is 0 Å². The fourth-order valence-electron chi connectivity index (χ4n) is 5.26. The molecule has 37 heavy (non-hydrogen) atoms. The largest absolute Gasteiger partial charge is 0.478 e. The van der Waals surface area contributed by atoms with Crippen molar-refractivity contribution in [3.8, 4) is 11.1 Å². The molecule has 3 aromatic carbocycles. The van der Waals surface area contributed by atoms with Crippen LogP contribution in [0.25, 0.3) is 11.1 Å². The molecule has 1 fully saturated rings. The minimum atomic E-state index is -0.936. The molecule has 0 aliphatic carbocycles. The van der Waals surface area contributed by atoms with Crippen molar-refractivity contribution >= 4 is 5.97 Å². The van der Waals surface area contributed by atoms with Crippen molar-refractivity contribution in [2.75, 3.05) is 19.7 Å². The van der Waals surface area contributed by atoms with E-state index in [1.165, 1.54) is 0 Å². The Bertz CT molecular complexity index is 1240. The zero-order chi connectivity index (χ0) is 26.5. The van der Waals surface area contributed by atoms with Gasteiger partial charge in [-0.25, -0.2) is 9.18 Å². The number of aliphatic hydroxyl groups is 1. The fraction of sp³-hybridized carbons (Fsp3) is 0.387. The van der Waals surface area contributed by atoms with Gasteiger partial charge in [-0.2, -0.15) is 0 Å². The second-order valence-corrected chi connectivity index (χ2v) is 10.1. The van der Waals surface area contributed by atoms with Crippen molar-refractivity contribution in [1.82, 2.24) is 4.90 Å². The first kappa shape index (κ1) is 27.0. The van der Waals surface area contributed by atoms with Crippen LogP contribution >= 0.6 is 0 Å². The van der Waals surface area contributed by atoms with Gasteiger partial charge in [-0.1, -0.05) is 48.5 Å². The van der Waals surface area contributed by atoms with Crippen molar-refractivity contribution in [1.29, 1.82) is 0 Å². The predicted octanol–water partition coefficient (Wildman–Crippen LogP) is 5.95. The van der Waals surface area contributed by atoms with E-state index < -0.39 is 12.1 Å². The number of aromatic carboxylic acids is 1. The number of aryl methyl sites for hydroxylation is 2. The Kier molecular flexibility index (Phi) is 8.75. The number of rotatable bonds is 10. The number of aliphatic hydroxyl groups excluding tert-OH is 1. The molecule has 2 N–H and O–H groups in total. The fourth-order valence-corrected chi connectivity index (χ4v) is 5.26. The highest BCUT2D eigenvalue weighted by Gasteiger charge is 2.27. The van der Waals surface area contributed by atoms with Crippen molar-refractivity contribution in [3.05, 3.63) is 94.3 Å². The Labute approximate surface area is 218 Å². The lowest BCUT2D eigenvalue weighted by Crippen LogP contribution is -2.39. The monoisotopic (exact) mass is 505 g/mol. The molecule has 0 bridgehead atoms. The summed E-state index contributed by atoms with van der Waals surface area (Å²) in [5, 5.41) is 20.1. The van der Waals surface area contributed by atoms with E-state index in [1.807, 2.05) is 55.5 Å². The molecule has 6 heteroatoms. The van der Waals surface area contributed by atoms with E-state index in [2.05, 4.69) is 4.90 Å². The third kappa shape index (κ3) is 6.63. The first-order valence-corrected chi connectivity index (χ1v) is 12.9.